The van der Waals surface area contributed by atoms with Crippen molar-refractivity contribution in [2.24, 2.45) is 0 Å². The number of fused-ring (bicyclic) bond motifs is 4. The Kier molecular flexibility index (Phi) is 2.41. The molecule has 4 atom stereocenters. The van der Waals surface area contributed by atoms with Crippen LogP contribution >= 0.6 is 0 Å². The van der Waals surface area contributed by atoms with E-state index in [2.05, 4.69) is 0 Å². The number of para-hydroxylation sites is 1. The smallest absolute Gasteiger partial charge is 0.283 e. The van der Waals surface area contributed by atoms with E-state index in [0.717, 1.165) is 0 Å². The number of ether oxygens (including phenoxy) is 2. The molecule has 5 rings (SSSR count). The molecule has 0 radical (unpaired) electrons. The fourth-order valence-corrected chi connectivity index (χ4v) is 3.81. The van der Waals surface area contributed by atoms with Gasteiger partial charge >= 0.3 is 0 Å². The summed E-state index contributed by atoms with van der Waals surface area (Å²) < 4.78 is 11.2. The molecule has 0 aromatic heterocycles. The summed E-state index contributed by atoms with van der Waals surface area (Å²) in [5.41, 5.74) is -0.437. The summed E-state index contributed by atoms with van der Waals surface area (Å²) in [5, 5.41) is 10.6. The fraction of sp³-hybridized carbons (Fsp3) is 0.375. The first-order valence-corrected chi connectivity index (χ1v) is 7.50. The molecule has 2 bridgehead atoms. The molecular formula is C16H14N2O5. The summed E-state index contributed by atoms with van der Waals surface area (Å²) in [6, 6.07) is 6.40. The number of piperazine rings is 1. The van der Waals surface area contributed by atoms with Crippen LogP contribution in [0.15, 0.2) is 36.4 Å². The van der Waals surface area contributed by atoms with Crippen LogP contribution in [0, 0.1) is 0 Å². The van der Waals surface area contributed by atoms with Gasteiger partial charge in [-0.3, -0.25) is 14.5 Å². The van der Waals surface area contributed by atoms with Crippen LogP contribution in [-0.4, -0.2) is 53.0 Å². The quantitative estimate of drug-likeness (QED) is 0.678. The van der Waals surface area contributed by atoms with Crippen molar-refractivity contribution in [1.29, 1.82) is 0 Å². The Morgan fingerprint density at radius 2 is 2.09 bits per heavy atom. The van der Waals surface area contributed by atoms with Crippen molar-refractivity contribution >= 4 is 17.5 Å². The average molecular weight is 314 g/mol. The highest BCUT2D eigenvalue weighted by Crippen LogP contribution is 2.47. The number of rotatable bonds is 0. The average Bonchev–Trinajstić information content (AvgIpc) is 3.19. The second kappa shape index (κ2) is 4.19. The first kappa shape index (κ1) is 13.2. The van der Waals surface area contributed by atoms with Gasteiger partial charge in [-0.1, -0.05) is 24.3 Å². The SMILES string of the molecule is O=C1[C@H]2COCN2C(=O)[C@@]23C=C[C@@H](O2)[C@H](O)c2ccccc2N13. The molecule has 1 aromatic rings. The summed E-state index contributed by atoms with van der Waals surface area (Å²) in [5.74, 6) is -0.587. The topological polar surface area (TPSA) is 79.3 Å². The number of anilines is 1. The van der Waals surface area contributed by atoms with Crippen molar-refractivity contribution in [1.82, 2.24) is 4.90 Å². The number of carbonyl (C=O) groups is 2. The Morgan fingerprint density at radius 1 is 1.26 bits per heavy atom. The molecule has 4 aliphatic heterocycles. The van der Waals surface area contributed by atoms with Crippen molar-refractivity contribution in [2.45, 2.75) is 24.0 Å². The van der Waals surface area contributed by atoms with Crippen LogP contribution in [0.2, 0.25) is 0 Å². The first-order chi connectivity index (χ1) is 11.1. The standard InChI is InChI=1S/C16H14N2O5/c19-13-9-3-1-2-4-10(9)18-14(20)11-7-22-8-17(11)15(21)16(18)6-5-12(13)23-16/h1-6,11-13,19H,7-8H2/t11-,12-,13-,16-/m1/s1. The van der Waals surface area contributed by atoms with Crippen molar-refractivity contribution in [2.75, 3.05) is 18.2 Å². The van der Waals surface area contributed by atoms with Gasteiger partial charge in [-0.15, -0.1) is 0 Å². The molecule has 7 heteroatoms. The normalized spacial score (nSPS) is 37.5. The minimum Gasteiger partial charge on any atom is -0.385 e. The Hall–Kier alpha value is -2.22. The van der Waals surface area contributed by atoms with Gasteiger partial charge in [0, 0.05) is 5.56 Å². The maximum Gasteiger partial charge on any atom is 0.283 e. The second-order valence-electron chi connectivity index (χ2n) is 6.11. The summed E-state index contributed by atoms with van der Waals surface area (Å²) >= 11 is 0. The van der Waals surface area contributed by atoms with Crippen LogP contribution in [0.3, 0.4) is 0 Å². The van der Waals surface area contributed by atoms with E-state index in [9.17, 15) is 14.7 Å². The molecule has 1 spiro atoms. The number of hydrogen-bond donors (Lipinski definition) is 1. The fourth-order valence-electron chi connectivity index (χ4n) is 3.81. The summed E-state index contributed by atoms with van der Waals surface area (Å²) in [4.78, 5) is 28.9. The molecular weight excluding hydrogens is 300 g/mol. The van der Waals surface area contributed by atoms with Crippen LogP contribution in [0.1, 0.15) is 11.7 Å². The Labute approximate surface area is 131 Å². The van der Waals surface area contributed by atoms with Gasteiger partial charge < -0.3 is 19.5 Å². The maximum atomic E-state index is 13.0. The highest BCUT2D eigenvalue weighted by molar-refractivity contribution is 6.12. The zero-order valence-corrected chi connectivity index (χ0v) is 12.1. The minimum atomic E-state index is -1.53. The molecule has 4 aliphatic rings. The van der Waals surface area contributed by atoms with E-state index in [-0.39, 0.29) is 25.2 Å². The Balaban J connectivity index is 1.78. The van der Waals surface area contributed by atoms with Crippen LogP contribution in [0.5, 0.6) is 0 Å². The van der Waals surface area contributed by atoms with E-state index in [1.165, 1.54) is 9.80 Å². The van der Waals surface area contributed by atoms with E-state index >= 15 is 0 Å². The van der Waals surface area contributed by atoms with E-state index < -0.39 is 24.0 Å². The molecule has 1 N–H and O–H groups in total. The zero-order valence-electron chi connectivity index (χ0n) is 12.1. The van der Waals surface area contributed by atoms with Crippen molar-refractivity contribution in [3.05, 3.63) is 42.0 Å². The number of carbonyl (C=O) groups excluding carboxylic acids is 2. The van der Waals surface area contributed by atoms with Gasteiger partial charge in [0.05, 0.1) is 12.3 Å². The predicted octanol–water partition coefficient (Wildman–Crippen LogP) is -0.0836. The predicted molar refractivity (Wildman–Crippen MR) is 77.1 cm³/mol. The first-order valence-electron chi connectivity index (χ1n) is 7.50. The monoisotopic (exact) mass is 314 g/mol. The Bertz CT molecular complexity index is 763. The van der Waals surface area contributed by atoms with E-state index in [4.69, 9.17) is 9.47 Å². The molecule has 2 fully saturated rings. The van der Waals surface area contributed by atoms with E-state index in [0.29, 0.717) is 11.3 Å². The highest BCUT2D eigenvalue weighted by Gasteiger charge is 2.63. The highest BCUT2D eigenvalue weighted by atomic mass is 16.6. The van der Waals surface area contributed by atoms with Crippen LogP contribution in [0.4, 0.5) is 5.69 Å². The van der Waals surface area contributed by atoms with E-state index in [1.807, 2.05) is 0 Å². The van der Waals surface area contributed by atoms with Crippen LogP contribution in [-0.2, 0) is 19.1 Å². The zero-order chi connectivity index (χ0) is 15.8. The molecule has 4 heterocycles. The number of aliphatic hydroxyl groups excluding tert-OH is 1. The van der Waals surface area contributed by atoms with Gasteiger partial charge in [0.1, 0.15) is 25.0 Å². The van der Waals surface area contributed by atoms with Gasteiger partial charge in [-0.05, 0) is 12.1 Å². The third-order valence-corrected chi connectivity index (χ3v) is 4.92. The summed E-state index contributed by atoms with van der Waals surface area (Å²) in [6.45, 7) is 0.256. The maximum absolute atomic E-state index is 13.0. The second-order valence-corrected chi connectivity index (χ2v) is 6.11. The lowest BCUT2D eigenvalue weighted by molar-refractivity contribution is -0.169. The molecule has 1 aromatic carbocycles. The molecule has 23 heavy (non-hydrogen) atoms. The largest absolute Gasteiger partial charge is 0.385 e. The van der Waals surface area contributed by atoms with Gasteiger partial charge in [0.25, 0.3) is 11.8 Å². The number of amides is 2. The lowest BCUT2D eigenvalue weighted by Crippen LogP contribution is -2.70. The van der Waals surface area contributed by atoms with Crippen LogP contribution < -0.4 is 4.90 Å². The molecule has 0 unspecified atom stereocenters. The number of benzene rings is 1. The summed E-state index contributed by atoms with van der Waals surface area (Å²) in [7, 11) is 0. The molecule has 7 nitrogen and oxygen atoms in total. The molecule has 2 amide bonds. The van der Waals surface area contributed by atoms with E-state index in [1.54, 1.807) is 36.4 Å². The van der Waals surface area contributed by atoms with Gasteiger partial charge in [0.15, 0.2) is 0 Å². The molecule has 0 saturated carbocycles. The van der Waals surface area contributed by atoms with Crippen LogP contribution in [0.25, 0.3) is 0 Å². The van der Waals surface area contributed by atoms with Gasteiger partial charge in [-0.25, -0.2) is 0 Å². The third-order valence-electron chi connectivity index (χ3n) is 4.92. The van der Waals surface area contributed by atoms with Gasteiger partial charge in [0.2, 0.25) is 5.72 Å². The number of hydrogen-bond acceptors (Lipinski definition) is 5. The lowest BCUT2D eigenvalue weighted by atomic mass is 9.95. The van der Waals surface area contributed by atoms with Crippen molar-refractivity contribution in [3.63, 3.8) is 0 Å². The lowest BCUT2D eigenvalue weighted by Gasteiger charge is -2.46. The third kappa shape index (κ3) is 1.45. The molecule has 0 aliphatic carbocycles. The Morgan fingerprint density at radius 3 is 2.96 bits per heavy atom. The number of aliphatic hydroxyl groups is 1. The minimum absolute atomic E-state index is 0.0803. The van der Waals surface area contributed by atoms with Gasteiger partial charge in [-0.2, -0.15) is 0 Å². The van der Waals surface area contributed by atoms with Crippen molar-refractivity contribution < 1.29 is 24.2 Å². The number of nitrogens with zero attached hydrogens (tertiary/aromatic N) is 2. The van der Waals surface area contributed by atoms with Crippen molar-refractivity contribution in [3.8, 4) is 0 Å². The summed E-state index contributed by atoms with van der Waals surface area (Å²) in [6.07, 6.45) is 1.62. The molecule has 118 valence electrons. The molecule has 2 saturated heterocycles.